The Hall–Kier alpha value is -3.27. The van der Waals surface area contributed by atoms with E-state index < -0.39 is 28.5 Å². The molecule has 1 saturated carbocycles. The first-order valence-corrected chi connectivity index (χ1v) is 16.3. The van der Waals surface area contributed by atoms with E-state index in [0.717, 1.165) is 47.4 Å². The first-order valence-electron chi connectivity index (χ1n) is 13.7. The van der Waals surface area contributed by atoms with Gasteiger partial charge in [0.15, 0.2) is 0 Å². The van der Waals surface area contributed by atoms with Crippen molar-refractivity contribution < 1.29 is 22.7 Å². The van der Waals surface area contributed by atoms with Crippen LogP contribution in [-0.2, 0) is 32.6 Å². The van der Waals surface area contributed by atoms with Crippen LogP contribution in [0.2, 0.25) is 10.0 Å². The molecule has 0 radical (unpaired) electrons. The summed E-state index contributed by atoms with van der Waals surface area (Å²) in [4.78, 5) is 29.6. The molecular formula is C31H35Cl2N3O5S. The molecule has 2 amide bonds. The lowest BCUT2D eigenvalue weighted by molar-refractivity contribution is -0.140. The average Bonchev–Trinajstić information content (AvgIpc) is 3.48. The number of anilines is 1. The van der Waals surface area contributed by atoms with Gasteiger partial charge in [-0.05, 0) is 54.3 Å². The Bertz CT molecular complexity index is 1500. The van der Waals surface area contributed by atoms with Crippen LogP contribution in [0.3, 0.4) is 0 Å². The molecule has 4 rings (SSSR count). The minimum atomic E-state index is -3.97. The van der Waals surface area contributed by atoms with Gasteiger partial charge in [-0.1, -0.05) is 78.5 Å². The zero-order valence-electron chi connectivity index (χ0n) is 23.6. The highest BCUT2D eigenvalue weighted by Gasteiger charge is 2.34. The van der Waals surface area contributed by atoms with Crippen molar-refractivity contribution in [3.63, 3.8) is 0 Å². The van der Waals surface area contributed by atoms with Gasteiger partial charge in [0, 0.05) is 24.0 Å². The van der Waals surface area contributed by atoms with Gasteiger partial charge in [-0.25, -0.2) is 8.42 Å². The summed E-state index contributed by atoms with van der Waals surface area (Å²) in [6.07, 6.45) is 5.06. The molecule has 0 aromatic heterocycles. The molecule has 1 N–H and O–H groups in total. The molecule has 0 spiro atoms. The summed E-state index contributed by atoms with van der Waals surface area (Å²) in [5.74, 6) is -0.256. The average molecular weight is 633 g/mol. The summed E-state index contributed by atoms with van der Waals surface area (Å²) in [6.45, 7) is -0.530. The maximum absolute atomic E-state index is 14.2. The minimum absolute atomic E-state index is 0.0299. The first-order chi connectivity index (χ1) is 20.0. The van der Waals surface area contributed by atoms with E-state index in [1.165, 1.54) is 23.1 Å². The summed E-state index contributed by atoms with van der Waals surface area (Å²) in [5, 5.41) is 3.53. The van der Waals surface area contributed by atoms with E-state index in [1.54, 1.807) is 25.3 Å². The van der Waals surface area contributed by atoms with Crippen LogP contribution in [0.1, 0.15) is 36.8 Å². The molecule has 224 valence electrons. The number of ether oxygens (including phenoxy) is 1. The fourth-order valence-electron chi connectivity index (χ4n) is 5.16. The second-order valence-corrected chi connectivity index (χ2v) is 13.2. The highest BCUT2D eigenvalue weighted by Crippen LogP contribution is 2.31. The van der Waals surface area contributed by atoms with Gasteiger partial charge in [0.25, 0.3) is 0 Å². The van der Waals surface area contributed by atoms with Crippen LogP contribution in [0.4, 0.5) is 5.69 Å². The van der Waals surface area contributed by atoms with Gasteiger partial charge < -0.3 is 15.0 Å². The van der Waals surface area contributed by atoms with E-state index in [0.29, 0.717) is 5.75 Å². The molecule has 1 aliphatic rings. The van der Waals surface area contributed by atoms with Crippen molar-refractivity contribution >= 4 is 50.7 Å². The Kier molecular flexibility index (Phi) is 10.8. The van der Waals surface area contributed by atoms with Crippen molar-refractivity contribution in [1.82, 2.24) is 10.2 Å². The Labute approximate surface area is 257 Å². The van der Waals surface area contributed by atoms with Gasteiger partial charge in [-0.2, -0.15) is 0 Å². The maximum Gasteiger partial charge on any atom is 0.244 e. The number of carbonyl (C=O) groups is 2. The SMILES string of the molecule is COc1cccc(CN(C(=O)CN(c2cc(Cl)ccc2Cl)S(C)(=O)=O)C(Cc2ccccc2)C(=O)NC2CCCC2)c1. The zero-order chi connectivity index (χ0) is 30.3. The van der Waals surface area contributed by atoms with Crippen molar-refractivity contribution in [3.8, 4) is 5.75 Å². The lowest BCUT2D eigenvalue weighted by Gasteiger charge is -2.34. The summed E-state index contributed by atoms with van der Waals surface area (Å²) in [7, 11) is -2.42. The molecule has 1 fully saturated rings. The number of benzene rings is 3. The van der Waals surface area contributed by atoms with Gasteiger partial charge in [0.05, 0.1) is 24.1 Å². The lowest BCUT2D eigenvalue weighted by Crippen LogP contribution is -2.54. The number of hydrogen-bond acceptors (Lipinski definition) is 5. The van der Waals surface area contributed by atoms with Crippen LogP contribution in [-0.4, -0.2) is 57.1 Å². The molecule has 1 aliphatic carbocycles. The van der Waals surface area contributed by atoms with Gasteiger partial charge in [-0.15, -0.1) is 0 Å². The van der Waals surface area contributed by atoms with Crippen molar-refractivity contribution in [2.45, 2.75) is 50.7 Å². The van der Waals surface area contributed by atoms with E-state index in [1.807, 2.05) is 36.4 Å². The van der Waals surface area contributed by atoms with E-state index >= 15 is 0 Å². The van der Waals surface area contributed by atoms with Gasteiger partial charge in [-0.3, -0.25) is 13.9 Å². The monoisotopic (exact) mass is 631 g/mol. The summed E-state index contributed by atoms with van der Waals surface area (Å²) in [6, 6.07) is 20.2. The Balaban J connectivity index is 1.75. The topological polar surface area (TPSA) is 96.0 Å². The van der Waals surface area contributed by atoms with Gasteiger partial charge in [0.2, 0.25) is 21.8 Å². The van der Waals surface area contributed by atoms with Gasteiger partial charge in [0.1, 0.15) is 18.3 Å². The molecule has 3 aromatic carbocycles. The minimum Gasteiger partial charge on any atom is -0.497 e. The van der Waals surface area contributed by atoms with Crippen LogP contribution in [0.5, 0.6) is 5.75 Å². The predicted octanol–water partition coefficient (Wildman–Crippen LogP) is 5.47. The molecule has 0 saturated heterocycles. The molecular weight excluding hydrogens is 597 g/mol. The van der Waals surface area contributed by atoms with Gasteiger partial charge >= 0.3 is 0 Å². The summed E-state index contributed by atoms with van der Waals surface area (Å²) < 4.78 is 32.3. The highest BCUT2D eigenvalue weighted by molar-refractivity contribution is 7.92. The number of methoxy groups -OCH3 is 1. The second kappa shape index (κ2) is 14.3. The van der Waals surface area contributed by atoms with Crippen LogP contribution in [0.25, 0.3) is 0 Å². The van der Waals surface area contributed by atoms with E-state index in [9.17, 15) is 18.0 Å². The lowest BCUT2D eigenvalue weighted by atomic mass is 10.0. The van der Waals surface area contributed by atoms with Crippen molar-refractivity contribution in [3.05, 3.63) is 94.0 Å². The van der Waals surface area contributed by atoms with Crippen LogP contribution >= 0.6 is 23.2 Å². The Morgan fingerprint density at radius 1 is 0.976 bits per heavy atom. The normalized spacial score (nSPS) is 14.3. The highest BCUT2D eigenvalue weighted by atomic mass is 35.5. The fraction of sp³-hybridized carbons (Fsp3) is 0.355. The van der Waals surface area contributed by atoms with Crippen molar-refractivity contribution in [2.75, 3.05) is 24.2 Å². The van der Waals surface area contributed by atoms with E-state index in [-0.39, 0.29) is 40.6 Å². The molecule has 0 heterocycles. The number of rotatable bonds is 12. The Morgan fingerprint density at radius 2 is 1.67 bits per heavy atom. The summed E-state index contributed by atoms with van der Waals surface area (Å²) >= 11 is 12.5. The Morgan fingerprint density at radius 3 is 2.33 bits per heavy atom. The largest absolute Gasteiger partial charge is 0.497 e. The summed E-state index contributed by atoms with van der Waals surface area (Å²) in [5.41, 5.74) is 1.67. The molecule has 1 unspecified atom stereocenters. The van der Waals surface area contributed by atoms with Crippen LogP contribution in [0, 0.1) is 0 Å². The van der Waals surface area contributed by atoms with Crippen molar-refractivity contribution in [2.24, 2.45) is 0 Å². The molecule has 42 heavy (non-hydrogen) atoms. The number of hydrogen-bond donors (Lipinski definition) is 1. The maximum atomic E-state index is 14.2. The fourth-order valence-corrected chi connectivity index (χ4v) is 6.45. The predicted molar refractivity (Wildman–Crippen MR) is 167 cm³/mol. The number of nitrogens with one attached hydrogen (secondary N) is 1. The number of carbonyl (C=O) groups excluding carboxylic acids is 2. The van der Waals surface area contributed by atoms with Crippen molar-refractivity contribution in [1.29, 1.82) is 0 Å². The number of amides is 2. The standard InChI is InChI=1S/C31H35Cl2N3O5S/c1-41-26-14-8-11-23(17-26)20-35(30(37)21-36(42(2,39)40)28-19-24(32)15-16-27(28)33)29(18-22-9-4-3-5-10-22)31(38)34-25-12-6-7-13-25/h3-5,8-11,14-17,19,25,29H,6-7,12-13,18,20-21H2,1-2H3,(H,34,38). The van der Waals surface area contributed by atoms with Crippen LogP contribution in [0.15, 0.2) is 72.8 Å². The molecule has 8 nitrogen and oxygen atoms in total. The molecule has 0 aliphatic heterocycles. The zero-order valence-corrected chi connectivity index (χ0v) is 26.0. The van der Waals surface area contributed by atoms with E-state index in [2.05, 4.69) is 5.32 Å². The third kappa shape index (κ3) is 8.40. The molecule has 0 bridgehead atoms. The number of halogens is 2. The van der Waals surface area contributed by atoms with E-state index in [4.69, 9.17) is 27.9 Å². The molecule has 1 atom stereocenters. The molecule has 3 aromatic rings. The quantitative estimate of drug-likeness (QED) is 0.286. The number of sulfonamides is 1. The number of nitrogens with zero attached hydrogens (tertiary/aromatic N) is 2. The third-order valence-corrected chi connectivity index (χ3v) is 9.00. The smallest absolute Gasteiger partial charge is 0.244 e. The third-order valence-electron chi connectivity index (χ3n) is 7.32. The first kappa shape index (κ1) is 31.7. The van der Waals surface area contributed by atoms with Crippen LogP contribution < -0.4 is 14.4 Å². The molecule has 11 heteroatoms. The second-order valence-electron chi connectivity index (χ2n) is 10.4.